The van der Waals surface area contributed by atoms with E-state index in [2.05, 4.69) is 10.3 Å². The Labute approximate surface area is 183 Å². The van der Waals surface area contributed by atoms with E-state index >= 15 is 0 Å². The lowest BCUT2D eigenvalue weighted by atomic mass is 10.1. The fourth-order valence-corrected chi connectivity index (χ4v) is 3.06. The number of nitrogens with one attached hydrogen (secondary N) is 1. The summed E-state index contributed by atoms with van der Waals surface area (Å²) in [6.45, 7) is 7.24. The van der Waals surface area contributed by atoms with Gasteiger partial charge in [-0.3, -0.25) is 9.78 Å². The van der Waals surface area contributed by atoms with Crippen molar-refractivity contribution in [3.05, 3.63) is 83.7 Å². The molecule has 3 aromatic rings. The number of hydrogen-bond acceptors (Lipinski definition) is 5. The number of ether oxygens (including phenoxy) is 3. The molecule has 0 bridgehead atoms. The molecule has 1 amide bonds. The number of carbonyl (C=O) groups excluding carboxylic acids is 1. The van der Waals surface area contributed by atoms with Gasteiger partial charge in [0.05, 0.1) is 19.3 Å². The van der Waals surface area contributed by atoms with Gasteiger partial charge in [0.25, 0.3) is 5.91 Å². The summed E-state index contributed by atoms with van der Waals surface area (Å²) >= 11 is 0. The highest BCUT2D eigenvalue weighted by atomic mass is 16.5. The van der Waals surface area contributed by atoms with E-state index in [0.29, 0.717) is 36.9 Å². The summed E-state index contributed by atoms with van der Waals surface area (Å²) in [5.41, 5.74) is 2.52. The Morgan fingerprint density at radius 1 is 0.968 bits per heavy atom. The maximum absolute atomic E-state index is 12.7. The van der Waals surface area contributed by atoms with Gasteiger partial charge in [0.2, 0.25) is 0 Å². The molecule has 3 rings (SSSR count). The van der Waals surface area contributed by atoms with Crippen LogP contribution in [0.15, 0.2) is 67.0 Å². The van der Waals surface area contributed by atoms with Crippen LogP contribution in [0, 0.1) is 0 Å². The molecule has 1 unspecified atom stereocenters. The summed E-state index contributed by atoms with van der Waals surface area (Å²) in [5.74, 6) is 1.79. The van der Waals surface area contributed by atoms with Gasteiger partial charge in [-0.15, -0.1) is 0 Å². The molecule has 0 fully saturated rings. The van der Waals surface area contributed by atoms with Gasteiger partial charge in [0.15, 0.2) is 11.5 Å². The van der Waals surface area contributed by atoms with Gasteiger partial charge in [-0.05, 0) is 62.7 Å². The Kier molecular flexibility index (Phi) is 7.87. The summed E-state index contributed by atoms with van der Waals surface area (Å²) < 4.78 is 17.0. The van der Waals surface area contributed by atoms with Gasteiger partial charge < -0.3 is 19.5 Å². The number of amides is 1. The molecular formula is C25H28N2O4. The SMILES string of the molecule is CCOc1ccc(C(=O)NC(C)c2ccc(OCc3cccnc3)cc2)cc1OCC. The van der Waals surface area contributed by atoms with Crippen LogP contribution in [0.3, 0.4) is 0 Å². The number of nitrogens with zero attached hydrogens (tertiary/aromatic N) is 1. The molecule has 1 atom stereocenters. The van der Waals surface area contributed by atoms with Gasteiger partial charge in [-0.25, -0.2) is 0 Å². The minimum Gasteiger partial charge on any atom is -0.490 e. The quantitative estimate of drug-likeness (QED) is 0.503. The molecule has 1 aromatic heterocycles. The van der Waals surface area contributed by atoms with Crippen molar-refractivity contribution < 1.29 is 19.0 Å². The molecule has 0 aliphatic carbocycles. The zero-order valence-electron chi connectivity index (χ0n) is 18.1. The van der Waals surface area contributed by atoms with Crippen molar-refractivity contribution in [1.82, 2.24) is 10.3 Å². The molecule has 6 nitrogen and oxygen atoms in total. The molecule has 0 saturated heterocycles. The highest BCUT2D eigenvalue weighted by Gasteiger charge is 2.15. The first-order valence-corrected chi connectivity index (χ1v) is 10.4. The van der Waals surface area contributed by atoms with Gasteiger partial charge in [-0.1, -0.05) is 18.2 Å². The van der Waals surface area contributed by atoms with E-state index in [1.54, 1.807) is 30.6 Å². The predicted octanol–water partition coefficient (Wildman–Crippen LogP) is 4.95. The number of aromatic nitrogens is 1. The second-order valence-electron chi connectivity index (χ2n) is 6.94. The monoisotopic (exact) mass is 420 g/mol. The third kappa shape index (κ3) is 6.22. The summed E-state index contributed by atoms with van der Waals surface area (Å²) in [4.78, 5) is 16.8. The largest absolute Gasteiger partial charge is 0.490 e. The van der Waals surface area contributed by atoms with Gasteiger partial charge >= 0.3 is 0 Å². The zero-order chi connectivity index (χ0) is 22.1. The molecule has 0 radical (unpaired) electrons. The van der Waals surface area contributed by atoms with Crippen LogP contribution in [0.25, 0.3) is 0 Å². The second kappa shape index (κ2) is 11.0. The van der Waals surface area contributed by atoms with Crippen LogP contribution < -0.4 is 19.5 Å². The van der Waals surface area contributed by atoms with Crippen molar-refractivity contribution in [3.63, 3.8) is 0 Å². The molecule has 162 valence electrons. The number of benzene rings is 2. The zero-order valence-corrected chi connectivity index (χ0v) is 18.1. The van der Waals surface area contributed by atoms with Gasteiger partial charge in [0.1, 0.15) is 12.4 Å². The maximum Gasteiger partial charge on any atom is 0.251 e. The minimum atomic E-state index is -0.173. The van der Waals surface area contributed by atoms with Crippen molar-refractivity contribution in [2.75, 3.05) is 13.2 Å². The van der Waals surface area contributed by atoms with Crippen molar-refractivity contribution in [2.45, 2.75) is 33.4 Å². The molecule has 0 spiro atoms. The molecule has 0 aliphatic heterocycles. The Balaban J connectivity index is 1.60. The summed E-state index contributed by atoms with van der Waals surface area (Å²) in [6.07, 6.45) is 3.52. The van der Waals surface area contributed by atoms with Crippen molar-refractivity contribution in [1.29, 1.82) is 0 Å². The third-order valence-electron chi connectivity index (χ3n) is 4.66. The van der Waals surface area contributed by atoms with Crippen LogP contribution in [0.1, 0.15) is 48.3 Å². The molecule has 2 aromatic carbocycles. The standard InChI is InChI=1S/C25H28N2O4/c1-4-29-23-13-10-21(15-24(23)30-5-2)25(28)27-18(3)20-8-11-22(12-9-20)31-17-19-7-6-14-26-16-19/h6-16,18H,4-5,17H2,1-3H3,(H,27,28). The molecule has 6 heteroatoms. The Bertz CT molecular complexity index is 975. The van der Waals surface area contributed by atoms with Gasteiger partial charge in [0, 0.05) is 23.5 Å². The molecule has 0 saturated carbocycles. The van der Waals surface area contributed by atoms with Crippen molar-refractivity contribution >= 4 is 5.91 Å². The predicted molar refractivity (Wildman–Crippen MR) is 120 cm³/mol. The molecular weight excluding hydrogens is 392 g/mol. The number of pyridine rings is 1. The Hall–Kier alpha value is -3.54. The summed E-state index contributed by atoms with van der Waals surface area (Å²) in [5, 5.41) is 3.03. The van der Waals surface area contributed by atoms with E-state index in [-0.39, 0.29) is 11.9 Å². The van der Waals surface area contributed by atoms with E-state index in [4.69, 9.17) is 14.2 Å². The van der Waals surface area contributed by atoms with Crippen LogP contribution in [-0.4, -0.2) is 24.1 Å². The van der Waals surface area contributed by atoms with E-state index in [1.165, 1.54) is 0 Å². The van der Waals surface area contributed by atoms with Gasteiger partial charge in [-0.2, -0.15) is 0 Å². The van der Waals surface area contributed by atoms with Crippen LogP contribution in [0.4, 0.5) is 0 Å². The van der Waals surface area contributed by atoms with E-state index in [1.807, 2.05) is 57.2 Å². The molecule has 0 aliphatic rings. The Morgan fingerprint density at radius 2 is 1.71 bits per heavy atom. The molecule has 1 N–H and O–H groups in total. The number of rotatable bonds is 10. The number of carbonyl (C=O) groups is 1. The summed E-state index contributed by atoms with van der Waals surface area (Å²) in [6, 6.07) is 16.6. The smallest absolute Gasteiger partial charge is 0.251 e. The lowest BCUT2D eigenvalue weighted by Gasteiger charge is -2.16. The fourth-order valence-electron chi connectivity index (χ4n) is 3.06. The normalized spacial score (nSPS) is 11.5. The first kappa shape index (κ1) is 22.2. The minimum absolute atomic E-state index is 0.165. The highest BCUT2D eigenvalue weighted by Crippen LogP contribution is 2.29. The van der Waals surface area contributed by atoms with E-state index in [0.717, 1.165) is 16.9 Å². The number of hydrogen-bond donors (Lipinski definition) is 1. The average Bonchev–Trinajstić information content (AvgIpc) is 2.80. The summed E-state index contributed by atoms with van der Waals surface area (Å²) in [7, 11) is 0. The topological polar surface area (TPSA) is 69.7 Å². The highest BCUT2D eigenvalue weighted by molar-refractivity contribution is 5.95. The lowest BCUT2D eigenvalue weighted by Crippen LogP contribution is -2.26. The lowest BCUT2D eigenvalue weighted by molar-refractivity contribution is 0.0939. The first-order chi connectivity index (χ1) is 15.1. The Morgan fingerprint density at radius 3 is 2.39 bits per heavy atom. The van der Waals surface area contributed by atoms with Crippen molar-refractivity contribution in [3.8, 4) is 17.2 Å². The maximum atomic E-state index is 12.7. The van der Waals surface area contributed by atoms with Crippen molar-refractivity contribution in [2.24, 2.45) is 0 Å². The third-order valence-corrected chi connectivity index (χ3v) is 4.66. The van der Waals surface area contributed by atoms with Crippen LogP contribution in [0.5, 0.6) is 17.2 Å². The molecule has 1 heterocycles. The second-order valence-corrected chi connectivity index (χ2v) is 6.94. The average molecular weight is 421 g/mol. The van der Waals surface area contributed by atoms with E-state index in [9.17, 15) is 4.79 Å². The first-order valence-electron chi connectivity index (χ1n) is 10.4. The van der Waals surface area contributed by atoms with Crippen LogP contribution >= 0.6 is 0 Å². The van der Waals surface area contributed by atoms with Crippen LogP contribution in [-0.2, 0) is 6.61 Å². The van der Waals surface area contributed by atoms with E-state index < -0.39 is 0 Å². The van der Waals surface area contributed by atoms with Crippen LogP contribution in [0.2, 0.25) is 0 Å². The fraction of sp³-hybridized carbons (Fsp3) is 0.280. The molecule has 31 heavy (non-hydrogen) atoms.